The van der Waals surface area contributed by atoms with Gasteiger partial charge < -0.3 is 20.6 Å². The van der Waals surface area contributed by atoms with Crippen LogP contribution in [0.15, 0.2) is 18.6 Å². The zero-order valence-corrected chi connectivity index (χ0v) is 15.3. The van der Waals surface area contributed by atoms with Crippen LogP contribution < -0.4 is 10.6 Å². The molecule has 10 heteroatoms. The van der Waals surface area contributed by atoms with Gasteiger partial charge in [-0.2, -0.15) is 10.1 Å². The summed E-state index contributed by atoms with van der Waals surface area (Å²) in [7, 11) is 0. The van der Waals surface area contributed by atoms with Crippen molar-refractivity contribution in [3.63, 3.8) is 0 Å². The summed E-state index contributed by atoms with van der Waals surface area (Å²) in [6.45, 7) is 4.28. The largest absolute Gasteiger partial charge is 0.394 e. The molecule has 0 spiro atoms. The second kappa shape index (κ2) is 8.33. The van der Waals surface area contributed by atoms with Crippen LogP contribution in [-0.4, -0.2) is 61.9 Å². The molecule has 140 valence electrons. The summed E-state index contributed by atoms with van der Waals surface area (Å²) in [5.41, 5.74) is 0.722. The highest BCUT2D eigenvalue weighted by atomic mass is 35.5. The van der Waals surface area contributed by atoms with Gasteiger partial charge in [0.25, 0.3) is 0 Å². The molecule has 0 aliphatic carbocycles. The maximum Gasteiger partial charge on any atom is 0.229 e. The van der Waals surface area contributed by atoms with Crippen LogP contribution in [0, 0.1) is 5.92 Å². The first kappa shape index (κ1) is 18.4. The van der Waals surface area contributed by atoms with Crippen molar-refractivity contribution in [2.45, 2.75) is 19.9 Å². The number of aliphatic hydroxyl groups is 1. The molecule has 3 rings (SSSR count). The fourth-order valence-corrected chi connectivity index (χ4v) is 3.02. The van der Waals surface area contributed by atoms with Crippen LogP contribution in [0.4, 0.5) is 17.5 Å². The summed E-state index contributed by atoms with van der Waals surface area (Å²) in [4.78, 5) is 21.8. The Morgan fingerprint density at radius 2 is 2.31 bits per heavy atom. The molecule has 0 unspecified atom stereocenters. The van der Waals surface area contributed by atoms with E-state index in [9.17, 15) is 4.79 Å². The Balaban J connectivity index is 1.59. The van der Waals surface area contributed by atoms with E-state index in [0.29, 0.717) is 35.8 Å². The lowest BCUT2D eigenvalue weighted by molar-refractivity contribution is -0.127. The lowest BCUT2D eigenvalue weighted by atomic mass is 10.1. The van der Waals surface area contributed by atoms with Crippen molar-refractivity contribution in [3.8, 4) is 0 Å². The summed E-state index contributed by atoms with van der Waals surface area (Å²) < 4.78 is 1.62. The van der Waals surface area contributed by atoms with Crippen molar-refractivity contribution in [2.24, 2.45) is 5.92 Å². The number of hydrogen-bond donors (Lipinski definition) is 3. The number of aromatic nitrogens is 4. The smallest absolute Gasteiger partial charge is 0.229 e. The molecule has 26 heavy (non-hydrogen) atoms. The summed E-state index contributed by atoms with van der Waals surface area (Å²) in [6.07, 6.45) is 5.89. The Bertz CT molecular complexity index is 767. The van der Waals surface area contributed by atoms with Gasteiger partial charge in [0.05, 0.1) is 31.2 Å². The Morgan fingerprint density at radius 1 is 1.46 bits per heavy atom. The van der Waals surface area contributed by atoms with Crippen LogP contribution in [0.25, 0.3) is 0 Å². The van der Waals surface area contributed by atoms with Gasteiger partial charge in [-0.25, -0.2) is 4.98 Å². The van der Waals surface area contributed by atoms with Gasteiger partial charge >= 0.3 is 0 Å². The van der Waals surface area contributed by atoms with E-state index in [-0.39, 0.29) is 12.5 Å². The molecular weight excluding hydrogens is 358 g/mol. The van der Waals surface area contributed by atoms with Crippen LogP contribution in [-0.2, 0) is 11.3 Å². The summed E-state index contributed by atoms with van der Waals surface area (Å²) in [6, 6.07) is 0. The lowest BCUT2D eigenvalue weighted by Gasteiger charge is -2.15. The summed E-state index contributed by atoms with van der Waals surface area (Å²) in [5, 5.41) is 19.8. The molecular formula is C16H22ClN7O2. The molecule has 0 radical (unpaired) electrons. The fraction of sp³-hybridized carbons (Fsp3) is 0.500. The third kappa shape index (κ3) is 4.61. The van der Waals surface area contributed by atoms with Crippen LogP contribution in [0.1, 0.15) is 13.3 Å². The van der Waals surface area contributed by atoms with Crippen LogP contribution in [0.2, 0.25) is 5.02 Å². The number of rotatable bonds is 7. The third-order valence-corrected chi connectivity index (χ3v) is 4.53. The molecule has 0 saturated carbocycles. The number of nitrogens with one attached hydrogen (secondary N) is 2. The third-order valence-electron chi connectivity index (χ3n) is 4.25. The van der Waals surface area contributed by atoms with E-state index in [2.05, 4.69) is 25.7 Å². The van der Waals surface area contributed by atoms with Crippen molar-refractivity contribution in [1.82, 2.24) is 24.6 Å². The van der Waals surface area contributed by atoms with E-state index < -0.39 is 0 Å². The van der Waals surface area contributed by atoms with Gasteiger partial charge in [-0.3, -0.25) is 9.48 Å². The minimum Gasteiger partial charge on any atom is -0.394 e. The summed E-state index contributed by atoms with van der Waals surface area (Å²) in [5.74, 6) is 1.43. The van der Waals surface area contributed by atoms with Gasteiger partial charge in [0.15, 0.2) is 5.82 Å². The van der Waals surface area contributed by atoms with E-state index in [1.807, 2.05) is 4.90 Å². The zero-order valence-electron chi connectivity index (χ0n) is 14.5. The van der Waals surface area contributed by atoms with Gasteiger partial charge in [0, 0.05) is 32.8 Å². The van der Waals surface area contributed by atoms with E-state index in [4.69, 9.17) is 16.7 Å². The maximum atomic E-state index is 11.4. The molecule has 1 saturated heterocycles. The molecule has 3 N–H and O–H groups in total. The Morgan fingerprint density at radius 3 is 3.04 bits per heavy atom. The zero-order chi connectivity index (χ0) is 18.5. The first-order valence-corrected chi connectivity index (χ1v) is 8.85. The molecule has 1 aliphatic rings. The molecule has 1 amide bonds. The number of carbonyl (C=O) groups excluding carboxylic acids is 1. The number of amides is 1. The standard InChI is InChI=1S/C16H22ClN7O2/c1-11(26)23-3-2-12(9-23)6-18-15-14(17)8-19-16(22-15)21-13-7-20-24(10-13)4-5-25/h7-8,10,12,25H,2-6,9H2,1H3,(H2,18,19,21,22)/t12-/m0/s1. The van der Waals surface area contributed by atoms with Gasteiger partial charge in [0.1, 0.15) is 5.02 Å². The highest BCUT2D eigenvalue weighted by Crippen LogP contribution is 2.23. The number of likely N-dealkylation sites (tertiary alicyclic amines) is 1. The number of anilines is 3. The molecule has 2 aromatic rings. The topological polar surface area (TPSA) is 108 Å². The molecule has 1 fully saturated rings. The van der Waals surface area contributed by atoms with Crippen LogP contribution >= 0.6 is 11.6 Å². The average molecular weight is 380 g/mol. The minimum absolute atomic E-state index is 0.0227. The number of aliphatic hydroxyl groups excluding tert-OH is 1. The summed E-state index contributed by atoms with van der Waals surface area (Å²) >= 11 is 6.19. The minimum atomic E-state index is 0.0227. The monoisotopic (exact) mass is 379 g/mol. The Kier molecular flexibility index (Phi) is 5.89. The molecule has 2 aromatic heterocycles. The molecule has 0 bridgehead atoms. The maximum absolute atomic E-state index is 11.4. The van der Waals surface area contributed by atoms with E-state index in [1.54, 1.807) is 24.0 Å². The van der Waals surface area contributed by atoms with Crippen molar-refractivity contribution >= 4 is 35.0 Å². The Hall–Kier alpha value is -2.39. The molecule has 3 heterocycles. The van der Waals surface area contributed by atoms with Crippen molar-refractivity contribution in [2.75, 3.05) is 36.9 Å². The molecule has 0 aromatic carbocycles. The second-order valence-electron chi connectivity index (χ2n) is 6.23. The predicted octanol–water partition coefficient (Wildman–Crippen LogP) is 1.34. The van der Waals surface area contributed by atoms with E-state index >= 15 is 0 Å². The SMILES string of the molecule is CC(=O)N1CC[C@@H](CNc2nc(Nc3cnn(CCO)c3)ncc2Cl)C1. The quantitative estimate of drug-likeness (QED) is 0.666. The number of hydrogen-bond acceptors (Lipinski definition) is 7. The van der Waals surface area contributed by atoms with Gasteiger partial charge in [-0.15, -0.1) is 0 Å². The normalized spacial score (nSPS) is 16.7. The lowest BCUT2D eigenvalue weighted by Crippen LogP contribution is -2.27. The van der Waals surface area contributed by atoms with Crippen LogP contribution in [0.3, 0.4) is 0 Å². The van der Waals surface area contributed by atoms with Gasteiger partial charge in [-0.05, 0) is 12.3 Å². The molecule has 9 nitrogen and oxygen atoms in total. The first-order valence-electron chi connectivity index (χ1n) is 8.47. The van der Waals surface area contributed by atoms with Crippen LogP contribution in [0.5, 0.6) is 0 Å². The van der Waals surface area contributed by atoms with Gasteiger partial charge in [-0.1, -0.05) is 11.6 Å². The molecule has 1 atom stereocenters. The van der Waals surface area contributed by atoms with Crippen molar-refractivity contribution < 1.29 is 9.90 Å². The van der Waals surface area contributed by atoms with Crippen molar-refractivity contribution in [3.05, 3.63) is 23.6 Å². The second-order valence-corrected chi connectivity index (χ2v) is 6.64. The first-order chi connectivity index (χ1) is 12.5. The number of halogens is 1. The van der Waals surface area contributed by atoms with Gasteiger partial charge in [0.2, 0.25) is 11.9 Å². The number of nitrogens with zero attached hydrogens (tertiary/aromatic N) is 5. The molecule has 1 aliphatic heterocycles. The highest BCUT2D eigenvalue weighted by molar-refractivity contribution is 6.32. The number of carbonyl (C=O) groups is 1. The fourth-order valence-electron chi connectivity index (χ4n) is 2.86. The Labute approximate surface area is 156 Å². The van der Waals surface area contributed by atoms with Crippen molar-refractivity contribution in [1.29, 1.82) is 0 Å². The van der Waals surface area contributed by atoms with E-state index in [0.717, 1.165) is 25.2 Å². The predicted molar refractivity (Wildman–Crippen MR) is 98.5 cm³/mol. The van der Waals surface area contributed by atoms with E-state index in [1.165, 1.54) is 6.20 Å². The average Bonchev–Trinajstić information content (AvgIpc) is 3.25. The highest BCUT2D eigenvalue weighted by Gasteiger charge is 2.24.